The Labute approximate surface area is 506 Å². The Morgan fingerprint density at radius 2 is 0.698 bits per heavy atom. The van der Waals surface area contributed by atoms with E-state index in [1.807, 2.05) is 24.0 Å². The minimum Gasteiger partial charge on any atom is -0.311 e. The van der Waals surface area contributed by atoms with Gasteiger partial charge in [0.2, 0.25) is 6.71 Å². The number of hydrogen-bond acceptors (Lipinski definition) is 7. The fourth-order valence-electron chi connectivity index (χ4n) is 13.9. The van der Waals surface area contributed by atoms with Gasteiger partial charge in [-0.15, -0.1) is 0 Å². The predicted molar refractivity (Wildman–Crippen MR) is 363 cm³/mol. The molecule has 0 spiro atoms. The number of aromatic nitrogens is 1. The van der Waals surface area contributed by atoms with Crippen molar-refractivity contribution in [2.24, 2.45) is 0 Å². The summed E-state index contributed by atoms with van der Waals surface area (Å²) in [7, 11) is 0. The smallest absolute Gasteiger partial charge is 0.252 e. The topological polar surface area (TPSA) is 29.1 Å². The van der Waals surface area contributed by atoms with Crippen LogP contribution in [0, 0.1) is 0 Å². The second kappa shape index (κ2) is 20.6. The van der Waals surface area contributed by atoms with Crippen LogP contribution in [0.3, 0.4) is 0 Å². The molecule has 0 fully saturated rings. The van der Waals surface area contributed by atoms with Gasteiger partial charge in [-0.2, -0.15) is 0 Å². The van der Waals surface area contributed by atoms with Crippen LogP contribution in [0.25, 0.3) is 11.3 Å². The molecule has 0 saturated carbocycles. The van der Waals surface area contributed by atoms with Gasteiger partial charge in [0.15, 0.2) is 0 Å². The summed E-state index contributed by atoms with van der Waals surface area (Å²) in [6.07, 6.45) is 1.91. The minimum absolute atomic E-state index is 0.0869. The molecular formula is C77H52B2N6S. The molecule has 0 radical (unpaired) electrons. The van der Waals surface area contributed by atoms with Crippen molar-refractivity contribution in [3.63, 3.8) is 0 Å². The molecule has 402 valence electrons. The predicted octanol–water partition coefficient (Wildman–Crippen LogP) is 16.5. The zero-order valence-electron chi connectivity index (χ0n) is 46.8. The van der Waals surface area contributed by atoms with Gasteiger partial charge in [-0.25, -0.2) is 0 Å². The maximum absolute atomic E-state index is 5.07. The number of rotatable bonds is 10. The molecule has 0 N–H and O–H groups in total. The van der Waals surface area contributed by atoms with Crippen LogP contribution >= 0.6 is 11.8 Å². The van der Waals surface area contributed by atoms with Gasteiger partial charge in [0.05, 0.1) is 17.1 Å². The van der Waals surface area contributed by atoms with Gasteiger partial charge >= 0.3 is 0 Å². The minimum atomic E-state index is -0.149. The first-order valence-electron chi connectivity index (χ1n) is 29.4. The van der Waals surface area contributed by atoms with E-state index in [9.17, 15) is 0 Å². The number of pyridine rings is 1. The molecule has 0 amide bonds. The first-order valence-corrected chi connectivity index (χ1v) is 30.2. The highest BCUT2D eigenvalue weighted by molar-refractivity contribution is 8.00. The van der Waals surface area contributed by atoms with E-state index in [1.54, 1.807) is 0 Å². The summed E-state index contributed by atoms with van der Waals surface area (Å²) in [5.41, 5.74) is 26.2. The first kappa shape index (κ1) is 49.8. The number of para-hydroxylation sites is 9. The fraction of sp³-hybridized carbons (Fsp3) is 0. The van der Waals surface area contributed by atoms with E-state index in [2.05, 4.69) is 328 Å². The van der Waals surface area contributed by atoms with Crippen LogP contribution in [0.5, 0.6) is 0 Å². The molecule has 0 bridgehead atoms. The van der Waals surface area contributed by atoms with E-state index in [0.717, 1.165) is 85.2 Å². The highest BCUT2D eigenvalue weighted by Crippen LogP contribution is 2.52. The van der Waals surface area contributed by atoms with Crippen LogP contribution in [0.1, 0.15) is 0 Å². The van der Waals surface area contributed by atoms with E-state index in [4.69, 9.17) is 4.98 Å². The van der Waals surface area contributed by atoms with Crippen LogP contribution in [-0.4, -0.2) is 18.4 Å². The largest absolute Gasteiger partial charge is 0.311 e. The lowest BCUT2D eigenvalue weighted by atomic mass is 9.31. The summed E-state index contributed by atoms with van der Waals surface area (Å²) in [5, 5.41) is 0. The Kier molecular flexibility index (Phi) is 11.9. The first-order chi connectivity index (χ1) is 42.7. The number of fused-ring (bicyclic) bond motifs is 8. The Hall–Kier alpha value is -10.7. The fourth-order valence-corrected chi connectivity index (χ4v) is 15.2. The summed E-state index contributed by atoms with van der Waals surface area (Å²) in [5.74, 6) is 0. The molecule has 4 aliphatic heterocycles. The summed E-state index contributed by atoms with van der Waals surface area (Å²) in [6, 6.07) is 113. The Morgan fingerprint density at radius 3 is 1.21 bits per heavy atom. The second-order valence-electron chi connectivity index (χ2n) is 22.2. The van der Waals surface area contributed by atoms with Crippen molar-refractivity contribution < 1.29 is 0 Å². The Bertz CT molecular complexity index is 4640. The van der Waals surface area contributed by atoms with Crippen LogP contribution < -0.4 is 57.3 Å². The molecule has 4 aliphatic rings. The molecule has 0 unspecified atom stereocenters. The lowest BCUT2D eigenvalue weighted by Crippen LogP contribution is -2.64. The Morgan fingerprint density at radius 1 is 0.279 bits per heavy atom. The molecule has 86 heavy (non-hydrogen) atoms. The number of anilines is 15. The standard InChI is InChI=1S/C77H52B2N6S/c1-7-27-53(28-8-1)81(54-29-9-2-10-30-54)59-47-71-76-72(48-59)85(67-43-22-19-39-61(67)66-42-25-26-46-80-66)70-52-74-65(51-64(70)78(76)62-40-20-23-44-68(62)83(71)57-35-15-5-16-36-57)79-63-41-21-24-45-69(63)84(58-37-17-6-18-38-58)73-49-60(50-75(86-74)77(73)79)82(55-31-11-3-12-32-55)56-33-13-4-14-34-56/h1-52H. The lowest BCUT2D eigenvalue weighted by Gasteiger charge is -2.46. The Balaban J connectivity index is 0.974. The third kappa shape index (κ3) is 8.03. The quantitative estimate of drug-likeness (QED) is 0.126. The van der Waals surface area contributed by atoms with Crippen LogP contribution in [0.2, 0.25) is 0 Å². The molecular weight excluding hydrogens is 1060 g/mol. The third-order valence-electron chi connectivity index (χ3n) is 17.4. The average molecular weight is 1110 g/mol. The van der Waals surface area contributed by atoms with Gasteiger partial charge in [-0.05, 0) is 161 Å². The zero-order chi connectivity index (χ0) is 56.7. The van der Waals surface area contributed by atoms with Gasteiger partial charge in [0.25, 0.3) is 6.71 Å². The van der Waals surface area contributed by atoms with E-state index < -0.39 is 0 Å². The highest BCUT2D eigenvalue weighted by Gasteiger charge is 2.48. The van der Waals surface area contributed by atoms with Gasteiger partial charge in [0, 0.05) is 95.5 Å². The van der Waals surface area contributed by atoms with Crippen molar-refractivity contribution in [3.8, 4) is 11.3 Å². The van der Waals surface area contributed by atoms with Crippen molar-refractivity contribution >= 4 is 143 Å². The lowest BCUT2D eigenvalue weighted by molar-refractivity contribution is 1.21. The SMILES string of the molecule is c1ccc(N(c2ccccc2)c2cc3c4c(c2)N(c2ccccc2)c2ccccc2B4c2cc4c(cc2S3)N(c2ccccc2-c2ccccn2)c2cc(N(c3ccccc3)c3ccccc3)cc3c2B4c2ccccc2N3c2ccccc2)cc1. The van der Waals surface area contributed by atoms with Gasteiger partial charge < -0.3 is 24.5 Å². The molecule has 9 heteroatoms. The van der Waals surface area contributed by atoms with Crippen molar-refractivity contribution in [1.29, 1.82) is 0 Å². The zero-order valence-corrected chi connectivity index (χ0v) is 47.6. The maximum atomic E-state index is 5.07. The van der Waals surface area contributed by atoms with Crippen molar-refractivity contribution in [1.82, 2.24) is 4.98 Å². The molecule has 6 nitrogen and oxygen atoms in total. The highest BCUT2D eigenvalue weighted by atomic mass is 32.2. The molecule has 0 atom stereocenters. The average Bonchev–Trinajstić information content (AvgIpc) is 0.795. The summed E-state index contributed by atoms with van der Waals surface area (Å²) in [4.78, 5) is 19.9. The van der Waals surface area contributed by atoms with Crippen molar-refractivity contribution in [2.75, 3.05) is 24.5 Å². The second-order valence-corrected chi connectivity index (χ2v) is 23.3. The summed E-state index contributed by atoms with van der Waals surface area (Å²) in [6.45, 7) is -0.236. The summed E-state index contributed by atoms with van der Waals surface area (Å²) < 4.78 is 0. The normalized spacial score (nSPS) is 13.0. The molecule has 1 aromatic heterocycles. The molecule has 0 aliphatic carbocycles. The van der Waals surface area contributed by atoms with Gasteiger partial charge in [-0.3, -0.25) is 4.98 Å². The summed E-state index contributed by atoms with van der Waals surface area (Å²) >= 11 is 1.90. The molecule has 5 heterocycles. The van der Waals surface area contributed by atoms with E-state index in [1.165, 1.54) is 53.9 Å². The number of nitrogens with zero attached hydrogens (tertiary/aromatic N) is 6. The van der Waals surface area contributed by atoms with Gasteiger partial charge in [0.1, 0.15) is 0 Å². The van der Waals surface area contributed by atoms with E-state index in [-0.39, 0.29) is 13.4 Å². The number of hydrogen-bond donors (Lipinski definition) is 0. The molecule has 13 aromatic rings. The third-order valence-corrected chi connectivity index (χ3v) is 18.6. The van der Waals surface area contributed by atoms with E-state index >= 15 is 0 Å². The van der Waals surface area contributed by atoms with E-state index in [0.29, 0.717) is 0 Å². The molecule has 0 saturated heterocycles. The van der Waals surface area contributed by atoms with Crippen LogP contribution in [0.15, 0.2) is 325 Å². The maximum Gasteiger partial charge on any atom is 0.252 e. The molecule has 12 aromatic carbocycles. The van der Waals surface area contributed by atoms with Crippen molar-refractivity contribution in [2.45, 2.75) is 9.79 Å². The molecule has 17 rings (SSSR count). The number of benzene rings is 12. The van der Waals surface area contributed by atoms with Crippen molar-refractivity contribution in [3.05, 3.63) is 316 Å². The van der Waals surface area contributed by atoms with Crippen LogP contribution in [-0.2, 0) is 0 Å². The monoisotopic (exact) mass is 1110 g/mol. The van der Waals surface area contributed by atoms with Crippen LogP contribution in [0.4, 0.5) is 85.3 Å². The van der Waals surface area contributed by atoms with Gasteiger partial charge in [-0.1, -0.05) is 193 Å².